The summed E-state index contributed by atoms with van der Waals surface area (Å²) in [7, 11) is 0. The van der Waals surface area contributed by atoms with E-state index >= 15 is 0 Å². The van der Waals surface area contributed by atoms with Crippen LogP contribution >= 0.6 is 24.0 Å². The second kappa shape index (κ2) is 8.16. The first-order valence-electron chi connectivity index (χ1n) is 5.93. The highest BCUT2D eigenvalue weighted by molar-refractivity contribution is 6.30. The lowest BCUT2D eigenvalue weighted by Gasteiger charge is -2.05. The average Bonchev–Trinajstić information content (AvgIpc) is 2.37. The minimum atomic E-state index is -0.189. The molecular formula is C15H16Cl2FN. The van der Waals surface area contributed by atoms with Gasteiger partial charge in [-0.2, -0.15) is 0 Å². The van der Waals surface area contributed by atoms with Crippen molar-refractivity contribution in [3.63, 3.8) is 0 Å². The molecule has 0 aliphatic heterocycles. The van der Waals surface area contributed by atoms with E-state index in [2.05, 4.69) is 5.32 Å². The fraction of sp³-hybridized carbons (Fsp3) is 0.200. The lowest BCUT2D eigenvalue weighted by Crippen LogP contribution is -2.16. The summed E-state index contributed by atoms with van der Waals surface area (Å²) in [5, 5.41) is 4.10. The Morgan fingerprint density at radius 3 is 2.42 bits per heavy atom. The van der Waals surface area contributed by atoms with Gasteiger partial charge in [0.15, 0.2) is 0 Å². The van der Waals surface area contributed by atoms with E-state index in [0.717, 1.165) is 30.1 Å². The highest BCUT2D eigenvalue weighted by Crippen LogP contribution is 2.10. The van der Waals surface area contributed by atoms with E-state index < -0.39 is 0 Å². The molecule has 0 bridgehead atoms. The lowest BCUT2D eigenvalue weighted by atomic mass is 10.1. The van der Waals surface area contributed by atoms with E-state index in [9.17, 15) is 4.39 Å². The Bertz CT molecular complexity index is 500. The zero-order valence-electron chi connectivity index (χ0n) is 10.4. The quantitative estimate of drug-likeness (QED) is 0.815. The summed E-state index contributed by atoms with van der Waals surface area (Å²) in [5.41, 5.74) is 2.30. The number of hydrogen-bond donors (Lipinski definition) is 1. The van der Waals surface area contributed by atoms with E-state index in [1.807, 2.05) is 36.4 Å². The van der Waals surface area contributed by atoms with Crippen molar-refractivity contribution in [2.45, 2.75) is 13.0 Å². The predicted octanol–water partition coefficient (Wildman–Crippen LogP) is 4.23. The van der Waals surface area contributed by atoms with Crippen molar-refractivity contribution in [3.05, 3.63) is 70.5 Å². The predicted molar refractivity (Wildman–Crippen MR) is 80.5 cm³/mol. The van der Waals surface area contributed by atoms with E-state index in [4.69, 9.17) is 11.6 Å². The number of halogens is 3. The summed E-state index contributed by atoms with van der Waals surface area (Å²) in [6.45, 7) is 1.65. The van der Waals surface area contributed by atoms with Crippen LogP contribution in [0.4, 0.5) is 4.39 Å². The molecule has 0 saturated heterocycles. The van der Waals surface area contributed by atoms with Crippen LogP contribution in [0.2, 0.25) is 5.02 Å². The third-order valence-electron chi connectivity index (χ3n) is 2.72. The zero-order valence-corrected chi connectivity index (χ0v) is 12.0. The van der Waals surface area contributed by atoms with Crippen LogP contribution in [0.15, 0.2) is 48.5 Å². The third-order valence-corrected chi connectivity index (χ3v) is 2.96. The topological polar surface area (TPSA) is 12.0 Å². The summed E-state index contributed by atoms with van der Waals surface area (Å²) < 4.78 is 12.7. The maximum absolute atomic E-state index is 12.7. The van der Waals surface area contributed by atoms with Gasteiger partial charge in [-0.1, -0.05) is 35.9 Å². The Kier molecular flexibility index (Phi) is 6.85. The molecule has 0 fully saturated rings. The first-order valence-corrected chi connectivity index (χ1v) is 6.31. The summed E-state index contributed by atoms with van der Waals surface area (Å²) >= 11 is 5.91. The Morgan fingerprint density at radius 2 is 1.74 bits per heavy atom. The molecule has 0 amide bonds. The summed E-state index contributed by atoms with van der Waals surface area (Å²) in [6.07, 6.45) is 0.890. The van der Waals surface area contributed by atoms with Crippen LogP contribution in [0.3, 0.4) is 0 Å². The molecule has 2 aromatic rings. The Hall–Kier alpha value is -1.09. The normalized spacial score (nSPS) is 10.0. The first-order chi connectivity index (χ1) is 8.74. The van der Waals surface area contributed by atoms with Gasteiger partial charge in [-0.05, 0) is 48.4 Å². The number of benzene rings is 2. The van der Waals surface area contributed by atoms with Crippen molar-refractivity contribution in [1.29, 1.82) is 0 Å². The molecule has 2 aromatic carbocycles. The maximum Gasteiger partial charge on any atom is 0.123 e. The molecule has 2 rings (SSSR count). The molecule has 19 heavy (non-hydrogen) atoms. The van der Waals surface area contributed by atoms with Crippen LogP contribution in [-0.2, 0) is 13.0 Å². The minimum absolute atomic E-state index is 0. The molecule has 4 heteroatoms. The van der Waals surface area contributed by atoms with Gasteiger partial charge >= 0.3 is 0 Å². The molecule has 1 N–H and O–H groups in total. The van der Waals surface area contributed by atoms with Gasteiger partial charge in [0.2, 0.25) is 0 Å². The molecule has 0 saturated carbocycles. The van der Waals surface area contributed by atoms with Gasteiger partial charge in [0.1, 0.15) is 5.82 Å². The molecule has 0 heterocycles. The van der Waals surface area contributed by atoms with Crippen molar-refractivity contribution in [2.24, 2.45) is 0 Å². The molecule has 102 valence electrons. The van der Waals surface area contributed by atoms with Gasteiger partial charge in [-0.25, -0.2) is 4.39 Å². The van der Waals surface area contributed by atoms with Crippen molar-refractivity contribution >= 4 is 24.0 Å². The number of rotatable bonds is 5. The van der Waals surface area contributed by atoms with Gasteiger partial charge in [0.05, 0.1) is 0 Å². The first kappa shape index (κ1) is 16.0. The van der Waals surface area contributed by atoms with Crippen molar-refractivity contribution in [1.82, 2.24) is 5.32 Å². The minimum Gasteiger partial charge on any atom is -0.312 e. The van der Waals surface area contributed by atoms with Gasteiger partial charge < -0.3 is 5.32 Å². The van der Waals surface area contributed by atoms with Gasteiger partial charge in [-0.3, -0.25) is 0 Å². The standard InChI is InChI=1S/C15H15ClFN.ClH/c16-14-3-1-2-13(10-14)11-18-9-8-12-4-6-15(17)7-5-12;/h1-7,10,18H,8-9,11H2;1H. The molecule has 0 aromatic heterocycles. The monoisotopic (exact) mass is 299 g/mol. The fourth-order valence-electron chi connectivity index (χ4n) is 1.76. The SMILES string of the molecule is Cl.Fc1ccc(CCNCc2cccc(Cl)c2)cc1. The Balaban J connectivity index is 0.00000180. The van der Waals surface area contributed by atoms with Crippen LogP contribution in [-0.4, -0.2) is 6.54 Å². The summed E-state index contributed by atoms with van der Waals surface area (Å²) in [5.74, 6) is -0.189. The van der Waals surface area contributed by atoms with Crippen LogP contribution in [0.1, 0.15) is 11.1 Å². The molecular weight excluding hydrogens is 284 g/mol. The van der Waals surface area contributed by atoms with Crippen molar-refractivity contribution in [3.8, 4) is 0 Å². The summed E-state index contributed by atoms with van der Waals surface area (Å²) in [6, 6.07) is 14.4. The molecule has 0 radical (unpaired) electrons. The van der Waals surface area contributed by atoms with E-state index in [1.54, 1.807) is 0 Å². The Morgan fingerprint density at radius 1 is 1.00 bits per heavy atom. The lowest BCUT2D eigenvalue weighted by molar-refractivity contribution is 0.626. The third kappa shape index (κ3) is 5.60. The van der Waals surface area contributed by atoms with Gasteiger partial charge in [0, 0.05) is 11.6 Å². The molecule has 1 nitrogen and oxygen atoms in total. The molecule has 0 spiro atoms. The van der Waals surface area contributed by atoms with Crippen LogP contribution in [0.5, 0.6) is 0 Å². The maximum atomic E-state index is 12.7. The fourth-order valence-corrected chi connectivity index (χ4v) is 1.98. The van der Waals surface area contributed by atoms with Crippen molar-refractivity contribution in [2.75, 3.05) is 6.54 Å². The zero-order chi connectivity index (χ0) is 12.8. The van der Waals surface area contributed by atoms with E-state index in [-0.39, 0.29) is 18.2 Å². The van der Waals surface area contributed by atoms with E-state index in [1.165, 1.54) is 17.7 Å². The van der Waals surface area contributed by atoms with Gasteiger partial charge in [0.25, 0.3) is 0 Å². The van der Waals surface area contributed by atoms with Crippen LogP contribution < -0.4 is 5.32 Å². The molecule has 0 aliphatic carbocycles. The largest absolute Gasteiger partial charge is 0.312 e. The second-order valence-corrected chi connectivity index (χ2v) is 4.62. The Labute approximate surface area is 124 Å². The number of hydrogen-bond acceptors (Lipinski definition) is 1. The summed E-state index contributed by atoms with van der Waals surface area (Å²) in [4.78, 5) is 0. The van der Waals surface area contributed by atoms with E-state index in [0.29, 0.717) is 0 Å². The van der Waals surface area contributed by atoms with Crippen molar-refractivity contribution < 1.29 is 4.39 Å². The molecule has 0 unspecified atom stereocenters. The molecule has 0 aliphatic rings. The molecule has 0 atom stereocenters. The highest BCUT2D eigenvalue weighted by atomic mass is 35.5. The highest BCUT2D eigenvalue weighted by Gasteiger charge is 1.96. The van der Waals surface area contributed by atoms with Gasteiger partial charge in [-0.15, -0.1) is 12.4 Å². The van der Waals surface area contributed by atoms with Crippen LogP contribution in [0, 0.1) is 5.82 Å². The number of nitrogens with one attached hydrogen (secondary N) is 1. The smallest absolute Gasteiger partial charge is 0.123 e. The average molecular weight is 300 g/mol. The second-order valence-electron chi connectivity index (χ2n) is 4.18. The van der Waals surface area contributed by atoms with Crippen LogP contribution in [0.25, 0.3) is 0 Å².